The zero-order valence-electron chi connectivity index (χ0n) is 9.42. The number of ether oxygens (including phenoxy) is 1. The fourth-order valence-electron chi connectivity index (χ4n) is 1.46. The third-order valence-corrected chi connectivity index (χ3v) is 2.36. The molecule has 0 N–H and O–H groups in total. The first-order chi connectivity index (χ1) is 6.67. The maximum atomic E-state index is 5.14. The number of benzene rings is 1. The molecule has 1 rings (SSSR count). The first-order valence-corrected chi connectivity index (χ1v) is 4.99. The molecule has 14 heavy (non-hydrogen) atoms. The largest absolute Gasteiger partial charge is 0.501 e. The maximum Gasteiger partial charge on any atom is 0.0930 e. The summed E-state index contributed by atoms with van der Waals surface area (Å²) in [4.78, 5) is 0. The summed E-state index contributed by atoms with van der Waals surface area (Å²) < 4.78 is 5.14. The second-order valence-electron chi connectivity index (χ2n) is 3.51. The minimum Gasteiger partial charge on any atom is -0.501 e. The van der Waals surface area contributed by atoms with Crippen LogP contribution in [-0.2, 0) is 11.2 Å². The van der Waals surface area contributed by atoms with Gasteiger partial charge in [0.05, 0.1) is 12.9 Å². The fourth-order valence-corrected chi connectivity index (χ4v) is 1.46. The van der Waals surface area contributed by atoms with Gasteiger partial charge >= 0.3 is 0 Å². The Hall–Kier alpha value is -1.24. The lowest BCUT2D eigenvalue weighted by atomic mass is 10.0. The van der Waals surface area contributed by atoms with Crippen LogP contribution in [0.15, 0.2) is 24.0 Å². The molecule has 0 amide bonds. The van der Waals surface area contributed by atoms with Crippen molar-refractivity contribution >= 4 is 6.08 Å². The SMILES string of the molecule is CCc1cc(C)ccc1/C=C(\C)OC. The number of allylic oxidation sites excluding steroid dienone is 1. The molecular weight excluding hydrogens is 172 g/mol. The summed E-state index contributed by atoms with van der Waals surface area (Å²) in [5.41, 5.74) is 3.95. The molecular formula is C13H18O. The average Bonchev–Trinajstić information content (AvgIpc) is 2.20. The first-order valence-electron chi connectivity index (χ1n) is 4.99. The maximum absolute atomic E-state index is 5.14. The Morgan fingerprint density at radius 1 is 1.43 bits per heavy atom. The van der Waals surface area contributed by atoms with E-state index in [4.69, 9.17) is 4.74 Å². The summed E-state index contributed by atoms with van der Waals surface area (Å²) in [7, 11) is 1.70. The van der Waals surface area contributed by atoms with Crippen molar-refractivity contribution in [1.29, 1.82) is 0 Å². The van der Waals surface area contributed by atoms with Crippen molar-refractivity contribution < 1.29 is 4.74 Å². The Morgan fingerprint density at radius 2 is 2.14 bits per heavy atom. The van der Waals surface area contributed by atoms with Gasteiger partial charge in [-0.05, 0) is 37.5 Å². The van der Waals surface area contributed by atoms with Gasteiger partial charge in [-0.2, -0.15) is 0 Å². The highest BCUT2D eigenvalue weighted by molar-refractivity contribution is 5.56. The molecule has 0 atom stereocenters. The van der Waals surface area contributed by atoms with E-state index in [1.165, 1.54) is 16.7 Å². The predicted octanol–water partition coefficient (Wildman–Crippen LogP) is 3.56. The fraction of sp³-hybridized carbons (Fsp3) is 0.385. The molecule has 1 heteroatoms. The Balaban J connectivity index is 3.08. The van der Waals surface area contributed by atoms with E-state index in [-0.39, 0.29) is 0 Å². The number of hydrogen-bond donors (Lipinski definition) is 0. The van der Waals surface area contributed by atoms with E-state index in [2.05, 4.69) is 38.1 Å². The lowest BCUT2D eigenvalue weighted by Gasteiger charge is -2.06. The van der Waals surface area contributed by atoms with Gasteiger partial charge in [-0.1, -0.05) is 30.7 Å². The molecule has 0 fully saturated rings. The highest BCUT2D eigenvalue weighted by Crippen LogP contribution is 2.16. The molecule has 0 heterocycles. The molecule has 0 aromatic heterocycles. The Bertz CT molecular complexity index is 337. The third-order valence-electron chi connectivity index (χ3n) is 2.36. The van der Waals surface area contributed by atoms with Gasteiger partial charge < -0.3 is 4.74 Å². The molecule has 1 aromatic rings. The number of rotatable bonds is 3. The third kappa shape index (κ3) is 2.63. The van der Waals surface area contributed by atoms with Crippen LogP contribution in [-0.4, -0.2) is 7.11 Å². The van der Waals surface area contributed by atoms with Crippen molar-refractivity contribution in [3.05, 3.63) is 40.6 Å². The highest BCUT2D eigenvalue weighted by atomic mass is 16.5. The molecule has 0 aliphatic carbocycles. The summed E-state index contributed by atoms with van der Waals surface area (Å²) in [6.07, 6.45) is 3.14. The van der Waals surface area contributed by atoms with E-state index >= 15 is 0 Å². The Kier molecular flexibility index (Phi) is 3.75. The number of methoxy groups -OCH3 is 1. The van der Waals surface area contributed by atoms with Crippen LogP contribution in [0.5, 0.6) is 0 Å². The summed E-state index contributed by atoms with van der Waals surface area (Å²) in [5.74, 6) is 0.948. The van der Waals surface area contributed by atoms with Gasteiger partial charge in [0.25, 0.3) is 0 Å². The Labute approximate surface area is 86.4 Å². The van der Waals surface area contributed by atoms with E-state index in [1.807, 2.05) is 6.92 Å². The predicted molar refractivity (Wildman–Crippen MR) is 61.2 cm³/mol. The molecule has 0 saturated carbocycles. The smallest absolute Gasteiger partial charge is 0.0930 e. The van der Waals surface area contributed by atoms with E-state index < -0.39 is 0 Å². The van der Waals surface area contributed by atoms with Gasteiger partial charge in [0.15, 0.2) is 0 Å². The lowest BCUT2D eigenvalue weighted by molar-refractivity contribution is 0.297. The van der Waals surface area contributed by atoms with Crippen LogP contribution in [0.3, 0.4) is 0 Å². The van der Waals surface area contributed by atoms with Crippen molar-refractivity contribution in [1.82, 2.24) is 0 Å². The average molecular weight is 190 g/mol. The molecule has 0 unspecified atom stereocenters. The van der Waals surface area contributed by atoms with Gasteiger partial charge in [0, 0.05) is 0 Å². The van der Waals surface area contributed by atoms with E-state index in [9.17, 15) is 0 Å². The number of aryl methyl sites for hydroxylation is 2. The van der Waals surface area contributed by atoms with E-state index in [0.717, 1.165) is 12.2 Å². The molecule has 76 valence electrons. The van der Waals surface area contributed by atoms with Crippen LogP contribution in [0.25, 0.3) is 6.08 Å². The summed E-state index contributed by atoms with van der Waals surface area (Å²) in [5, 5.41) is 0. The van der Waals surface area contributed by atoms with Crippen molar-refractivity contribution in [2.45, 2.75) is 27.2 Å². The van der Waals surface area contributed by atoms with Crippen LogP contribution >= 0.6 is 0 Å². The van der Waals surface area contributed by atoms with Gasteiger partial charge in [-0.15, -0.1) is 0 Å². The number of hydrogen-bond acceptors (Lipinski definition) is 1. The van der Waals surface area contributed by atoms with Crippen LogP contribution < -0.4 is 0 Å². The van der Waals surface area contributed by atoms with Gasteiger partial charge in [-0.3, -0.25) is 0 Å². The normalized spacial score (nSPS) is 11.6. The molecule has 0 aliphatic rings. The van der Waals surface area contributed by atoms with Crippen LogP contribution in [0.1, 0.15) is 30.5 Å². The lowest BCUT2D eigenvalue weighted by Crippen LogP contribution is -1.89. The van der Waals surface area contributed by atoms with Crippen LogP contribution in [0.4, 0.5) is 0 Å². The van der Waals surface area contributed by atoms with Gasteiger partial charge in [0.1, 0.15) is 0 Å². The summed E-state index contributed by atoms with van der Waals surface area (Å²) >= 11 is 0. The van der Waals surface area contributed by atoms with E-state index in [1.54, 1.807) is 7.11 Å². The monoisotopic (exact) mass is 190 g/mol. The molecule has 0 bridgehead atoms. The van der Waals surface area contributed by atoms with Crippen LogP contribution in [0, 0.1) is 6.92 Å². The second-order valence-corrected chi connectivity index (χ2v) is 3.51. The van der Waals surface area contributed by atoms with Gasteiger partial charge in [0.2, 0.25) is 0 Å². The minimum absolute atomic E-state index is 0.948. The Morgan fingerprint density at radius 3 is 2.71 bits per heavy atom. The first kappa shape index (κ1) is 10.8. The molecule has 0 radical (unpaired) electrons. The highest BCUT2D eigenvalue weighted by Gasteiger charge is 1.98. The molecule has 0 saturated heterocycles. The van der Waals surface area contributed by atoms with Gasteiger partial charge in [-0.25, -0.2) is 0 Å². The van der Waals surface area contributed by atoms with Crippen molar-refractivity contribution in [3.63, 3.8) is 0 Å². The standard InChI is InChI=1S/C13H18O/c1-5-12-8-10(2)6-7-13(12)9-11(3)14-4/h6-9H,5H2,1-4H3/b11-9+. The zero-order chi connectivity index (χ0) is 10.6. The molecule has 0 spiro atoms. The zero-order valence-corrected chi connectivity index (χ0v) is 9.42. The quantitative estimate of drug-likeness (QED) is 0.662. The van der Waals surface area contributed by atoms with E-state index in [0.29, 0.717) is 0 Å². The summed E-state index contributed by atoms with van der Waals surface area (Å²) in [6, 6.07) is 6.51. The summed E-state index contributed by atoms with van der Waals surface area (Å²) in [6.45, 7) is 6.27. The molecule has 0 aliphatic heterocycles. The van der Waals surface area contributed by atoms with Crippen molar-refractivity contribution in [2.75, 3.05) is 7.11 Å². The van der Waals surface area contributed by atoms with Crippen molar-refractivity contribution in [3.8, 4) is 0 Å². The topological polar surface area (TPSA) is 9.23 Å². The molecule has 1 nitrogen and oxygen atoms in total. The van der Waals surface area contributed by atoms with Crippen LogP contribution in [0.2, 0.25) is 0 Å². The molecule has 1 aromatic carbocycles. The second kappa shape index (κ2) is 4.85. The van der Waals surface area contributed by atoms with Crippen molar-refractivity contribution in [2.24, 2.45) is 0 Å². The minimum atomic E-state index is 0.948.